The molecular formula is C11H11F2N3O2S. The quantitative estimate of drug-likeness (QED) is 0.846. The molecule has 8 heteroatoms. The van der Waals surface area contributed by atoms with Crippen molar-refractivity contribution < 1.29 is 17.2 Å². The second-order valence-electron chi connectivity index (χ2n) is 4.07. The highest BCUT2D eigenvalue weighted by Crippen LogP contribution is 2.33. The standard InChI is InChI=1S/C11H11F2N3O2S/c1-16-11(14)6(5-15-16)9-7(12)3-4-8(10(9)13)19(2,17)18/h3-5H,14H2,1-2H3. The van der Waals surface area contributed by atoms with Crippen molar-refractivity contribution in [2.75, 3.05) is 12.0 Å². The number of halogens is 2. The number of aryl methyl sites for hydroxylation is 1. The van der Waals surface area contributed by atoms with Crippen LogP contribution in [-0.4, -0.2) is 24.5 Å². The van der Waals surface area contributed by atoms with Crippen molar-refractivity contribution in [3.63, 3.8) is 0 Å². The molecule has 0 aliphatic carbocycles. The van der Waals surface area contributed by atoms with E-state index in [0.717, 1.165) is 18.4 Å². The summed E-state index contributed by atoms with van der Waals surface area (Å²) in [6.07, 6.45) is 2.03. The molecule has 102 valence electrons. The Morgan fingerprint density at radius 2 is 1.95 bits per heavy atom. The zero-order chi connectivity index (χ0) is 14.4. The van der Waals surface area contributed by atoms with Gasteiger partial charge in [0.05, 0.1) is 11.8 Å². The first-order chi connectivity index (χ1) is 8.73. The Bertz CT molecular complexity index is 754. The van der Waals surface area contributed by atoms with Crippen LogP contribution in [0.5, 0.6) is 0 Å². The summed E-state index contributed by atoms with van der Waals surface area (Å²) in [7, 11) is -2.29. The van der Waals surface area contributed by atoms with Crippen molar-refractivity contribution in [3.8, 4) is 11.1 Å². The number of sulfone groups is 1. The molecule has 5 nitrogen and oxygen atoms in total. The Hall–Kier alpha value is -1.96. The van der Waals surface area contributed by atoms with Crippen molar-refractivity contribution >= 4 is 15.7 Å². The summed E-state index contributed by atoms with van der Waals surface area (Å²) in [5.41, 5.74) is 5.17. The van der Waals surface area contributed by atoms with Gasteiger partial charge in [-0.25, -0.2) is 17.2 Å². The molecule has 0 unspecified atom stereocenters. The van der Waals surface area contributed by atoms with Gasteiger partial charge < -0.3 is 5.73 Å². The van der Waals surface area contributed by atoms with Crippen molar-refractivity contribution in [1.29, 1.82) is 0 Å². The molecule has 0 fully saturated rings. The Balaban J connectivity index is 2.81. The SMILES string of the molecule is Cn1ncc(-c2c(F)ccc(S(C)(=O)=O)c2F)c1N. The first kappa shape index (κ1) is 13.5. The first-order valence-electron chi connectivity index (χ1n) is 5.19. The van der Waals surface area contributed by atoms with Crippen LogP contribution < -0.4 is 5.73 Å². The van der Waals surface area contributed by atoms with E-state index in [4.69, 9.17) is 5.73 Å². The topological polar surface area (TPSA) is 78.0 Å². The van der Waals surface area contributed by atoms with Crippen LogP contribution in [0.2, 0.25) is 0 Å². The number of hydrogen-bond donors (Lipinski definition) is 1. The fourth-order valence-corrected chi connectivity index (χ4v) is 2.45. The van der Waals surface area contributed by atoms with E-state index in [1.165, 1.54) is 17.9 Å². The number of aromatic nitrogens is 2. The van der Waals surface area contributed by atoms with Gasteiger partial charge in [0.1, 0.15) is 16.5 Å². The molecule has 2 rings (SSSR count). The van der Waals surface area contributed by atoms with Gasteiger partial charge >= 0.3 is 0 Å². The normalized spacial score (nSPS) is 11.8. The van der Waals surface area contributed by atoms with E-state index in [-0.39, 0.29) is 11.4 Å². The molecule has 0 spiro atoms. The predicted octanol–water partition coefficient (Wildman–Crippen LogP) is 1.35. The van der Waals surface area contributed by atoms with E-state index < -0.39 is 31.9 Å². The monoisotopic (exact) mass is 287 g/mol. The van der Waals surface area contributed by atoms with Gasteiger partial charge in [0.25, 0.3) is 0 Å². The van der Waals surface area contributed by atoms with E-state index in [9.17, 15) is 17.2 Å². The van der Waals surface area contributed by atoms with Gasteiger partial charge in [0.2, 0.25) is 0 Å². The maximum atomic E-state index is 14.2. The maximum Gasteiger partial charge on any atom is 0.178 e. The van der Waals surface area contributed by atoms with E-state index in [1.54, 1.807) is 0 Å². The summed E-state index contributed by atoms with van der Waals surface area (Å²) in [5, 5.41) is 3.78. The zero-order valence-electron chi connectivity index (χ0n) is 10.2. The molecule has 2 aromatic rings. The molecule has 19 heavy (non-hydrogen) atoms. The summed E-state index contributed by atoms with van der Waals surface area (Å²) in [6.45, 7) is 0. The number of rotatable bonds is 2. The minimum Gasteiger partial charge on any atom is -0.383 e. The average Bonchev–Trinajstić information content (AvgIpc) is 2.59. The molecule has 0 bridgehead atoms. The minimum absolute atomic E-state index is 0.0167. The molecule has 1 heterocycles. The lowest BCUT2D eigenvalue weighted by molar-refractivity contribution is 0.556. The highest BCUT2D eigenvalue weighted by Gasteiger charge is 2.23. The maximum absolute atomic E-state index is 14.2. The van der Waals surface area contributed by atoms with Gasteiger partial charge in [-0.1, -0.05) is 0 Å². The van der Waals surface area contributed by atoms with Crippen molar-refractivity contribution in [3.05, 3.63) is 30.0 Å². The van der Waals surface area contributed by atoms with Gasteiger partial charge in [0, 0.05) is 18.9 Å². The summed E-state index contributed by atoms with van der Waals surface area (Å²) in [5.74, 6) is -2.02. The number of nitrogen functional groups attached to an aromatic ring is 1. The van der Waals surface area contributed by atoms with E-state index in [2.05, 4.69) is 5.10 Å². The first-order valence-corrected chi connectivity index (χ1v) is 7.08. The summed E-state index contributed by atoms with van der Waals surface area (Å²) < 4.78 is 52.0. The smallest absolute Gasteiger partial charge is 0.178 e. The Labute approximate surface area is 108 Å². The Morgan fingerprint density at radius 3 is 2.42 bits per heavy atom. The highest BCUT2D eigenvalue weighted by atomic mass is 32.2. The molecule has 0 atom stereocenters. The number of nitrogens with two attached hydrogens (primary N) is 1. The van der Waals surface area contributed by atoms with Crippen LogP contribution in [0.25, 0.3) is 11.1 Å². The molecule has 2 N–H and O–H groups in total. The van der Waals surface area contributed by atoms with Gasteiger partial charge in [-0.05, 0) is 12.1 Å². The van der Waals surface area contributed by atoms with Gasteiger partial charge in [0.15, 0.2) is 15.7 Å². The van der Waals surface area contributed by atoms with Crippen LogP contribution in [0, 0.1) is 11.6 Å². The van der Waals surface area contributed by atoms with Crippen LogP contribution in [0.15, 0.2) is 23.2 Å². The molecule has 0 aliphatic rings. The van der Waals surface area contributed by atoms with Crippen LogP contribution in [-0.2, 0) is 16.9 Å². The number of anilines is 1. The second-order valence-corrected chi connectivity index (χ2v) is 6.06. The number of nitrogens with zero attached hydrogens (tertiary/aromatic N) is 2. The second kappa shape index (κ2) is 4.30. The van der Waals surface area contributed by atoms with Crippen LogP contribution in [0.1, 0.15) is 0 Å². The molecule has 1 aromatic carbocycles. The summed E-state index contributed by atoms with van der Waals surface area (Å²) in [4.78, 5) is -0.577. The number of benzene rings is 1. The number of hydrogen-bond acceptors (Lipinski definition) is 4. The van der Waals surface area contributed by atoms with E-state index >= 15 is 0 Å². The van der Waals surface area contributed by atoms with Crippen LogP contribution in [0.4, 0.5) is 14.6 Å². The van der Waals surface area contributed by atoms with Gasteiger partial charge in [-0.2, -0.15) is 5.10 Å². The lowest BCUT2D eigenvalue weighted by atomic mass is 10.1. The average molecular weight is 287 g/mol. The summed E-state index contributed by atoms with van der Waals surface area (Å²) in [6, 6.07) is 1.78. The molecule has 1 aromatic heterocycles. The molecule has 0 amide bonds. The van der Waals surface area contributed by atoms with Crippen molar-refractivity contribution in [1.82, 2.24) is 9.78 Å². The fraction of sp³-hybridized carbons (Fsp3) is 0.182. The molecular weight excluding hydrogens is 276 g/mol. The Morgan fingerprint density at radius 1 is 1.32 bits per heavy atom. The largest absolute Gasteiger partial charge is 0.383 e. The lowest BCUT2D eigenvalue weighted by Crippen LogP contribution is -2.05. The predicted molar refractivity (Wildman–Crippen MR) is 66.1 cm³/mol. The third-order valence-electron chi connectivity index (χ3n) is 2.71. The van der Waals surface area contributed by atoms with Crippen molar-refractivity contribution in [2.45, 2.75) is 4.90 Å². The Kier molecular flexibility index (Phi) is 3.05. The van der Waals surface area contributed by atoms with Gasteiger partial charge in [-0.3, -0.25) is 4.68 Å². The third kappa shape index (κ3) is 2.19. The molecule has 0 aliphatic heterocycles. The van der Waals surface area contributed by atoms with Crippen LogP contribution in [0.3, 0.4) is 0 Å². The van der Waals surface area contributed by atoms with Crippen molar-refractivity contribution in [2.24, 2.45) is 7.05 Å². The third-order valence-corrected chi connectivity index (χ3v) is 3.82. The van der Waals surface area contributed by atoms with Gasteiger partial charge in [-0.15, -0.1) is 0 Å². The molecule has 0 radical (unpaired) electrons. The minimum atomic E-state index is -3.80. The highest BCUT2D eigenvalue weighted by molar-refractivity contribution is 7.90. The molecule has 0 saturated heterocycles. The van der Waals surface area contributed by atoms with E-state index in [0.29, 0.717) is 0 Å². The van der Waals surface area contributed by atoms with E-state index in [1.807, 2.05) is 0 Å². The lowest BCUT2D eigenvalue weighted by Gasteiger charge is -2.08. The van der Waals surface area contributed by atoms with Crippen LogP contribution >= 0.6 is 0 Å². The summed E-state index contributed by atoms with van der Waals surface area (Å²) >= 11 is 0. The molecule has 0 saturated carbocycles. The zero-order valence-corrected chi connectivity index (χ0v) is 11.0. The fourth-order valence-electron chi connectivity index (χ4n) is 1.71.